The standard InChI is InChI=1S/C2H4O2.H4N2.H3N/c1-2(3)4;1-2;/h1H3,(H,3,4);1-2H2;1H3. The fourth-order valence-corrected chi connectivity index (χ4v) is 0. The summed E-state index contributed by atoms with van der Waals surface area (Å²) < 4.78 is 0. The largest absolute Gasteiger partial charge is 0.550 e. The Morgan fingerprint density at radius 3 is 1.57 bits per heavy atom. The van der Waals surface area contributed by atoms with Crippen molar-refractivity contribution < 1.29 is 9.90 Å². The van der Waals surface area contributed by atoms with E-state index < -0.39 is 5.97 Å². The molecule has 0 amide bonds. The summed E-state index contributed by atoms with van der Waals surface area (Å²) in [5.74, 6) is 6.92. The second-order valence-corrected chi connectivity index (χ2v) is 0.492. The molecule has 0 bridgehead atoms. The quantitative estimate of drug-likeness (QED) is 0.244. The van der Waals surface area contributed by atoms with Gasteiger partial charge in [0.25, 0.3) is 0 Å². The number of rotatable bonds is 0. The summed E-state index contributed by atoms with van der Waals surface area (Å²) in [6, 6.07) is 0. The van der Waals surface area contributed by atoms with Gasteiger partial charge in [0.2, 0.25) is 0 Å². The van der Waals surface area contributed by atoms with Gasteiger partial charge in [0.15, 0.2) is 0 Å². The third-order valence-electron chi connectivity index (χ3n) is 0. The average Bonchev–Trinajstić information content (AvgIpc) is 1.41. The van der Waals surface area contributed by atoms with Crippen molar-refractivity contribution in [2.75, 3.05) is 0 Å². The molecule has 0 fully saturated rings. The molecule has 0 aromatic carbocycles. The van der Waals surface area contributed by atoms with Gasteiger partial charge in [-0.3, -0.25) is 11.7 Å². The van der Waals surface area contributed by atoms with Gasteiger partial charge in [-0.05, 0) is 6.92 Å². The number of hydrogen-bond acceptors (Lipinski definition) is 4. The van der Waals surface area contributed by atoms with Crippen molar-refractivity contribution in [3.05, 3.63) is 0 Å². The van der Waals surface area contributed by atoms with Crippen LogP contribution >= 0.6 is 0 Å². The predicted molar refractivity (Wildman–Crippen MR) is 25.0 cm³/mol. The number of hydrogen-bond donors (Lipinski definition) is 3. The van der Waals surface area contributed by atoms with Gasteiger partial charge in [-0.1, -0.05) is 0 Å². The van der Waals surface area contributed by atoms with Gasteiger partial charge in [-0.25, -0.2) is 0 Å². The molecule has 0 heterocycles. The minimum atomic E-state index is -1.08. The fourth-order valence-electron chi connectivity index (χ4n) is 0. The highest BCUT2D eigenvalue weighted by molar-refractivity contribution is 5.60. The molecule has 0 aromatic heterocycles. The maximum atomic E-state index is 8.89. The Kier molecular flexibility index (Phi) is 42.4. The van der Waals surface area contributed by atoms with E-state index in [0.717, 1.165) is 6.92 Å². The zero-order valence-corrected chi connectivity index (χ0v) is 4.47. The second kappa shape index (κ2) is 18.3. The smallest absolute Gasteiger partial charge is 0.0383 e. The number of carboxylic acid groups (broad SMARTS) is 1. The van der Waals surface area contributed by atoms with E-state index in [4.69, 9.17) is 9.90 Å². The molecule has 0 radical (unpaired) electrons. The summed E-state index contributed by atoms with van der Waals surface area (Å²) in [7, 11) is 0. The number of carboxylic acids is 1. The molecule has 5 heteroatoms. The zero-order chi connectivity index (χ0) is 5.58. The monoisotopic (exact) mass is 109 g/mol. The average molecular weight is 109 g/mol. The highest BCUT2D eigenvalue weighted by Crippen LogP contribution is 1.31. The van der Waals surface area contributed by atoms with Gasteiger partial charge < -0.3 is 16.1 Å². The third kappa shape index (κ3) is 142. The van der Waals surface area contributed by atoms with Crippen LogP contribution < -0.4 is 22.9 Å². The first-order valence-electron chi connectivity index (χ1n) is 1.24. The first-order chi connectivity index (χ1) is 2.73. The molecule has 0 unspecified atom stereocenters. The number of carbonyl (C=O) groups excluding carboxylic acids is 1. The first-order valence-corrected chi connectivity index (χ1v) is 1.24. The molecule has 8 N–H and O–H groups in total. The summed E-state index contributed by atoms with van der Waals surface area (Å²) in [6.45, 7) is 0.972. The summed E-state index contributed by atoms with van der Waals surface area (Å²) in [5, 5.41) is 8.89. The highest BCUT2D eigenvalue weighted by Gasteiger charge is 1.46. The van der Waals surface area contributed by atoms with Crippen molar-refractivity contribution in [1.29, 1.82) is 0 Å². The van der Waals surface area contributed by atoms with Gasteiger partial charge in [-0.15, -0.1) is 0 Å². The van der Waals surface area contributed by atoms with Crippen molar-refractivity contribution in [3.8, 4) is 0 Å². The van der Waals surface area contributed by atoms with Gasteiger partial charge in [0, 0.05) is 5.97 Å². The van der Waals surface area contributed by atoms with Crippen LogP contribution in [0, 0.1) is 0 Å². The number of hydrazine groups is 1. The molecule has 0 rings (SSSR count). The van der Waals surface area contributed by atoms with E-state index >= 15 is 0 Å². The van der Waals surface area contributed by atoms with E-state index in [9.17, 15) is 0 Å². The summed E-state index contributed by atoms with van der Waals surface area (Å²) in [6.07, 6.45) is 0. The minimum absolute atomic E-state index is 0. The Morgan fingerprint density at radius 2 is 1.57 bits per heavy atom. The van der Waals surface area contributed by atoms with Crippen LogP contribution in [0.15, 0.2) is 0 Å². The van der Waals surface area contributed by atoms with Crippen molar-refractivity contribution in [3.63, 3.8) is 0 Å². The van der Waals surface area contributed by atoms with E-state index in [2.05, 4.69) is 11.7 Å². The normalized spacial score (nSPS) is 4.43. The van der Waals surface area contributed by atoms with E-state index in [1.54, 1.807) is 0 Å². The van der Waals surface area contributed by atoms with Gasteiger partial charge in [0.05, 0.1) is 0 Å². The van der Waals surface area contributed by atoms with Crippen LogP contribution in [-0.4, -0.2) is 5.97 Å². The maximum Gasteiger partial charge on any atom is 0.0383 e. The van der Waals surface area contributed by atoms with Crippen LogP contribution in [0.25, 0.3) is 0 Å². The molecular weight excluding hydrogens is 98.0 g/mol. The molecule has 46 valence electrons. The second-order valence-electron chi connectivity index (χ2n) is 0.492. The lowest BCUT2D eigenvalue weighted by atomic mass is 10.9. The number of nitrogens with two attached hydrogens (primary N) is 2. The van der Waals surface area contributed by atoms with E-state index in [-0.39, 0.29) is 6.15 Å². The van der Waals surface area contributed by atoms with Crippen LogP contribution in [0.3, 0.4) is 0 Å². The molecule has 0 aromatic rings. The zero-order valence-electron chi connectivity index (χ0n) is 4.47. The molecule has 0 saturated heterocycles. The summed E-state index contributed by atoms with van der Waals surface area (Å²) in [4.78, 5) is 8.89. The van der Waals surface area contributed by atoms with Crippen LogP contribution in [0.5, 0.6) is 0 Å². The lowest BCUT2D eigenvalue weighted by Crippen LogP contribution is -2.16. The van der Waals surface area contributed by atoms with Crippen molar-refractivity contribution in [2.24, 2.45) is 11.7 Å². The molecule has 0 aliphatic heterocycles. The topological polar surface area (TPSA) is 129 Å². The molecule has 0 aliphatic carbocycles. The van der Waals surface area contributed by atoms with Crippen LogP contribution in [0.2, 0.25) is 0 Å². The van der Waals surface area contributed by atoms with Crippen molar-refractivity contribution >= 4 is 5.97 Å². The van der Waals surface area contributed by atoms with E-state index in [0.29, 0.717) is 0 Å². The van der Waals surface area contributed by atoms with Gasteiger partial charge in [0.1, 0.15) is 0 Å². The number of aliphatic carboxylic acids is 1. The van der Waals surface area contributed by atoms with E-state index in [1.807, 2.05) is 0 Å². The maximum absolute atomic E-state index is 8.89. The van der Waals surface area contributed by atoms with Crippen LogP contribution in [-0.2, 0) is 4.79 Å². The summed E-state index contributed by atoms with van der Waals surface area (Å²) in [5.41, 5.74) is 0. The molecule has 5 nitrogen and oxygen atoms in total. The van der Waals surface area contributed by atoms with Gasteiger partial charge in [-0.2, -0.15) is 0 Å². The lowest BCUT2D eigenvalue weighted by molar-refractivity contribution is -0.302. The third-order valence-corrected chi connectivity index (χ3v) is 0. The lowest BCUT2D eigenvalue weighted by Gasteiger charge is -1.77. The SMILES string of the molecule is CC(=O)[O-].NN.[NH4+]. The predicted octanol–water partition coefficient (Wildman–Crippen LogP) is -2.05. The van der Waals surface area contributed by atoms with Crippen molar-refractivity contribution in [2.45, 2.75) is 6.92 Å². The number of carbonyl (C=O) groups is 1. The fraction of sp³-hybridized carbons (Fsp3) is 0.500. The Bertz CT molecular complexity index is 33.9. The molecule has 0 atom stereocenters. The highest BCUT2D eigenvalue weighted by atomic mass is 16.4. The van der Waals surface area contributed by atoms with E-state index in [1.165, 1.54) is 0 Å². The Hall–Kier alpha value is -0.650. The molecular formula is C2H11N3O2. The summed E-state index contributed by atoms with van der Waals surface area (Å²) >= 11 is 0. The minimum Gasteiger partial charge on any atom is -0.550 e. The van der Waals surface area contributed by atoms with Gasteiger partial charge >= 0.3 is 0 Å². The van der Waals surface area contributed by atoms with Crippen molar-refractivity contribution in [1.82, 2.24) is 6.15 Å². The molecule has 0 spiro atoms. The van der Waals surface area contributed by atoms with Crippen LogP contribution in [0.1, 0.15) is 6.92 Å². The Morgan fingerprint density at radius 1 is 1.57 bits per heavy atom. The molecule has 0 saturated carbocycles. The Labute approximate surface area is 41.9 Å². The molecule has 0 aliphatic rings. The van der Waals surface area contributed by atoms with Crippen LogP contribution in [0.4, 0.5) is 0 Å². The Balaban J connectivity index is -0.0000000480. The molecule has 7 heavy (non-hydrogen) atoms. The first kappa shape index (κ1) is 16.2. The number of quaternary nitrogens is 1.